The monoisotopic (exact) mass is 236 g/mol. The van der Waals surface area contributed by atoms with Gasteiger partial charge in [0.15, 0.2) is 5.41 Å². The minimum absolute atomic E-state index is 0.0817. The zero-order valence-corrected chi connectivity index (χ0v) is 9.69. The van der Waals surface area contributed by atoms with Crippen molar-refractivity contribution < 1.29 is 19.1 Å². The van der Waals surface area contributed by atoms with E-state index in [1.807, 2.05) is 0 Å². The maximum absolute atomic E-state index is 11.8. The Labute approximate surface area is 101 Å². The molecule has 0 aromatic carbocycles. The highest BCUT2D eigenvalue weighted by Crippen LogP contribution is 2.31. The normalized spacial score (nSPS) is 9.88. The summed E-state index contributed by atoms with van der Waals surface area (Å²) in [5, 5.41) is 0. The van der Waals surface area contributed by atoms with Crippen molar-refractivity contribution in [2.75, 3.05) is 0 Å². The molecule has 0 bridgehead atoms. The maximum Gasteiger partial charge on any atom is 0.328 e. The fourth-order valence-electron chi connectivity index (χ4n) is 1.37. The van der Waals surface area contributed by atoms with Gasteiger partial charge in [-0.1, -0.05) is 25.3 Å². The van der Waals surface area contributed by atoms with Gasteiger partial charge in [0.1, 0.15) is 0 Å². The Bertz CT molecular complexity index is 307. The molecule has 0 aromatic heterocycles. The lowest BCUT2D eigenvalue weighted by atomic mass is 9.81. The average Bonchev–Trinajstić information content (AvgIpc) is 2.29. The van der Waals surface area contributed by atoms with E-state index in [1.165, 1.54) is 12.2 Å². The molecule has 0 amide bonds. The highest BCUT2D eigenvalue weighted by Gasteiger charge is 2.46. The van der Waals surface area contributed by atoms with Crippen molar-refractivity contribution in [2.45, 2.75) is 12.8 Å². The third-order valence-corrected chi connectivity index (χ3v) is 2.15. The van der Waals surface area contributed by atoms with Crippen LogP contribution in [0.1, 0.15) is 12.8 Å². The molecule has 0 spiro atoms. The van der Waals surface area contributed by atoms with Crippen LogP contribution in [0.25, 0.3) is 0 Å². The molecule has 0 radical (unpaired) electrons. The first-order valence-electron chi connectivity index (χ1n) is 4.94. The van der Waals surface area contributed by atoms with Gasteiger partial charge in [0, 0.05) is 0 Å². The molecule has 0 unspecified atom stereocenters. The minimum atomic E-state index is -1.48. The van der Waals surface area contributed by atoms with Crippen LogP contribution in [0.15, 0.2) is 51.0 Å². The Morgan fingerprint density at radius 3 is 1.47 bits per heavy atom. The molecule has 0 N–H and O–H groups in total. The standard InChI is InChI=1S/C13H16O4/c1-5-9-13(10-6-2,11(14)16-7-3)12(15)17-8-4/h5-8H,1-4,9-10H2. The van der Waals surface area contributed by atoms with Gasteiger partial charge in [-0.25, -0.2) is 0 Å². The smallest absolute Gasteiger partial charge is 0.328 e. The SMILES string of the molecule is C=CCC(CC=C)(C(=O)OC=C)C(=O)OC=C. The van der Waals surface area contributed by atoms with Crippen LogP contribution >= 0.6 is 0 Å². The van der Waals surface area contributed by atoms with E-state index < -0.39 is 17.4 Å². The van der Waals surface area contributed by atoms with Gasteiger partial charge in [-0.3, -0.25) is 9.59 Å². The predicted molar refractivity (Wildman–Crippen MR) is 64.6 cm³/mol. The topological polar surface area (TPSA) is 52.6 Å². The second-order valence-corrected chi connectivity index (χ2v) is 3.21. The Hall–Kier alpha value is -2.10. The number of carbonyl (C=O) groups excluding carboxylic acids is 2. The quantitative estimate of drug-likeness (QED) is 0.281. The van der Waals surface area contributed by atoms with Crippen molar-refractivity contribution in [3.63, 3.8) is 0 Å². The number of allylic oxidation sites excluding steroid dienone is 2. The van der Waals surface area contributed by atoms with Crippen molar-refractivity contribution in [3.05, 3.63) is 51.0 Å². The van der Waals surface area contributed by atoms with E-state index >= 15 is 0 Å². The van der Waals surface area contributed by atoms with Crippen molar-refractivity contribution in [1.82, 2.24) is 0 Å². The van der Waals surface area contributed by atoms with Crippen LogP contribution in [0.5, 0.6) is 0 Å². The van der Waals surface area contributed by atoms with Crippen LogP contribution in [0, 0.1) is 5.41 Å². The molecule has 0 aromatic rings. The van der Waals surface area contributed by atoms with Gasteiger partial charge in [0.2, 0.25) is 0 Å². The van der Waals surface area contributed by atoms with Gasteiger partial charge < -0.3 is 9.47 Å². The zero-order chi connectivity index (χ0) is 13.3. The van der Waals surface area contributed by atoms with Crippen molar-refractivity contribution >= 4 is 11.9 Å². The van der Waals surface area contributed by atoms with Crippen molar-refractivity contribution in [2.24, 2.45) is 5.41 Å². The highest BCUT2D eigenvalue weighted by molar-refractivity contribution is 6.00. The lowest BCUT2D eigenvalue weighted by Crippen LogP contribution is -2.40. The van der Waals surface area contributed by atoms with E-state index in [4.69, 9.17) is 0 Å². The van der Waals surface area contributed by atoms with Crippen LogP contribution in [0.4, 0.5) is 0 Å². The summed E-state index contributed by atoms with van der Waals surface area (Å²) in [5.41, 5.74) is -1.48. The number of carbonyl (C=O) groups is 2. The molecule has 0 rings (SSSR count). The summed E-state index contributed by atoms with van der Waals surface area (Å²) >= 11 is 0. The lowest BCUT2D eigenvalue weighted by molar-refractivity contribution is -0.165. The van der Waals surface area contributed by atoms with E-state index in [0.717, 1.165) is 12.5 Å². The van der Waals surface area contributed by atoms with Crippen LogP contribution in [-0.2, 0) is 19.1 Å². The van der Waals surface area contributed by atoms with E-state index in [0.29, 0.717) is 0 Å². The number of hydrogen-bond acceptors (Lipinski definition) is 4. The first-order chi connectivity index (χ1) is 8.08. The molecular weight excluding hydrogens is 220 g/mol. The summed E-state index contributed by atoms with van der Waals surface area (Å²) in [5.74, 6) is -1.50. The maximum atomic E-state index is 11.8. The highest BCUT2D eigenvalue weighted by atomic mass is 16.5. The molecule has 17 heavy (non-hydrogen) atoms. The Morgan fingerprint density at radius 2 is 1.24 bits per heavy atom. The van der Waals surface area contributed by atoms with Crippen LogP contribution in [0.3, 0.4) is 0 Å². The number of ether oxygens (including phenoxy) is 2. The molecule has 0 atom stereocenters. The molecule has 92 valence electrons. The van der Waals surface area contributed by atoms with E-state index in [1.54, 1.807) is 0 Å². The first kappa shape index (κ1) is 14.9. The Morgan fingerprint density at radius 1 is 0.882 bits per heavy atom. The molecule has 0 heterocycles. The second kappa shape index (κ2) is 7.22. The van der Waals surface area contributed by atoms with Crippen molar-refractivity contribution in [3.8, 4) is 0 Å². The number of esters is 2. The molecular formula is C13H16O4. The Balaban J connectivity index is 5.36. The van der Waals surface area contributed by atoms with E-state index in [2.05, 4.69) is 35.8 Å². The molecule has 4 nitrogen and oxygen atoms in total. The summed E-state index contributed by atoms with van der Waals surface area (Å²) in [6.07, 6.45) is 4.97. The van der Waals surface area contributed by atoms with Crippen LogP contribution in [0.2, 0.25) is 0 Å². The first-order valence-corrected chi connectivity index (χ1v) is 4.94. The average molecular weight is 236 g/mol. The van der Waals surface area contributed by atoms with Gasteiger partial charge in [-0.05, 0) is 12.8 Å². The molecule has 0 aliphatic heterocycles. The van der Waals surface area contributed by atoms with E-state index in [9.17, 15) is 9.59 Å². The number of hydrogen-bond donors (Lipinski definition) is 0. The molecule has 0 aliphatic rings. The summed E-state index contributed by atoms with van der Waals surface area (Å²) in [6, 6.07) is 0. The van der Waals surface area contributed by atoms with Gasteiger partial charge in [0.05, 0.1) is 12.5 Å². The van der Waals surface area contributed by atoms with Gasteiger partial charge >= 0.3 is 11.9 Å². The Kier molecular flexibility index (Phi) is 6.33. The largest absolute Gasteiger partial charge is 0.434 e. The molecule has 0 fully saturated rings. The zero-order valence-electron chi connectivity index (χ0n) is 9.69. The van der Waals surface area contributed by atoms with Gasteiger partial charge in [0.25, 0.3) is 0 Å². The molecule has 0 saturated carbocycles. The third kappa shape index (κ3) is 3.45. The predicted octanol–water partition coefficient (Wildman–Crippen LogP) is 2.50. The minimum Gasteiger partial charge on any atom is -0.434 e. The number of rotatable bonds is 8. The summed E-state index contributed by atoms with van der Waals surface area (Å²) in [7, 11) is 0. The molecule has 0 saturated heterocycles. The van der Waals surface area contributed by atoms with Gasteiger partial charge in [-0.2, -0.15) is 0 Å². The summed E-state index contributed by atoms with van der Waals surface area (Å²) in [6.45, 7) is 13.6. The summed E-state index contributed by atoms with van der Waals surface area (Å²) < 4.78 is 9.35. The molecule has 4 heteroatoms. The van der Waals surface area contributed by atoms with Crippen LogP contribution in [-0.4, -0.2) is 11.9 Å². The van der Waals surface area contributed by atoms with Crippen molar-refractivity contribution in [1.29, 1.82) is 0 Å². The fourth-order valence-corrected chi connectivity index (χ4v) is 1.37. The third-order valence-electron chi connectivity index (χ3n) is 2.15. The summed E-state index contributed by atoms with van der Waals surface area (Å²) in [4.78, 5) is 23.7. The molecule has 0 aliphatic carbocycles. The van der Waals surface area contributed by atoms with Gasteiger partial charge in [-0.15, -0.1) is 13.2 Å². The lowest BCUT2D eigenvalue weighted by Gasteiger charge is -2.25. The fraction of sp³-hybridized carbons (Fsp3) is 0.231. The second-order valence-electron chi connectivity index (χ2n) is 3.21. The van der Waals surface area contributed by atoms with E-state index in [-0.39, 0.29) is 12.8 Å². The van der Waals surface area contributed by atoms with Crippen LogP contribution < -0.4 is 0 Å².